The fourth-order valence-electron chi connectivity index (χ4n) is 2.10. The van der Waals surface area contributed by atoms with Crippen LogP contribution >= 0.6 is 0 Å². The highest BCUT2D eigenvalue weighted by Crippen LogP contribution is 2.13. The molecule has 0 aliphatic carbocycles. The molecule has 0 radical (unpaired) electrons. The average Bonchev–Trinajstić information content (AvgIpc) is 2.66. The summed E-state index contributed by atoms with van der Waals surface area (Å²) >= 11 is 0. The van der Waals surface area contributed by atoms with Gasteiger partial charge in [0.05, 0.1) is 13.5 Å². The van der Waals surface area contributed by atoms with E-state index in [2.05, 4.69) is 15.4 Å². The van der Waals surface area contributed by atoms with Crippen molar-refractivity contribution in [2.75, 3.05) is 25.6 Å². The first-order valence-corrected chi connectivity index (χ1v) is 8.07. The number of rotatable bonds is 8. The molecule has 142 valence electrons. The minimum Gasteiger partial charge on any atom is -0.484 e. The molecule has 0 saturated heterocycles. The third-order valence-electron chi connectivity index (χ3n) is 3.43. The van der Waals surface area contributed by atoms with Gasteiger partial charge >= 0.3 is 5.97 Å². The van der Waals surface area contributed by atoms with Crippen LogP contribution in [0.2, 0.25) is 0 Å². The summed E-state index contributed by atoms with van der Waals surface area (Å²) in [7, 11) is 1.24. The first kappa shape index (κ1) is 19.9. The Hall–Kier alpha value is -3.42. The van der Waals surface area contributed by atoms with E-state index in [-0.39, 0.29) is 31.2 Å². The van der Waals surface area contributed by atoms with Crippen molar-refractivity contribution in [2.45, 2.75) is 6.42 Å². The lowest BCUT2D eigenvalue weighted by molar-refractivity contribution is -0.141. The highest BCUT2D eigenvalue weighted by molar-refractivity contribution is 5.92. The molecule has 2 aromatic carbocycles. The number of methoxy groups -OCH3 is 1. The Kier molecular flexibility index (Phi) is 7.30. The topological polar surface area (TPSA) is 93.7 Å². The van der Waals surface area contributed by atoms with Crippen molar-refractivity contribution >= 4 is 23.5 Å². The zero-order valence-corrected chi connectivity index (χ0v) is 14.7. The summed E-state index contributed by atoms with van der Waals surface area (Å²) < 4.78 is 22.7. The number of ether oxygens (including phenoxy) is 2. The van der Waals surface area contributed by atoms with Crippen molar-refractivity contribution in [3.63, 3.8) is 0 Å². The quantitative estimate of drug-likeness (QED) is 0.686. The largest absolute Gasteiger partial charge is 0.484 e. The Morgan fingerprint density at radius 1 is 1.04 bits per heavy atom. The summed E-state index contributed by atoms with van der Waals surface area (Å²) in [5.74, 6) is -1.43. The summed E-state index contributed by atoms with van der Waals surface area (Å²) in [5.41, 5.74) is 1.24. The summed E-state index contributed by atoms with van der Waals surface area (Å²) in [5, 5.41) is 5.07. The number of carbonyl (C=O) groups is 3. The van der Waals surface area contributed by atoms with Crippen molar-refractivity contribution in [2.24, 2.45) is 0 Å². The number of hydrogen-bond acceptors (Lipinski definition) is 5. The molecule has 0 fully saturated rings. The number of nitrogens with one attached hydrogen (secondary N) is 2. The van der Waals surface area contributed by atoms with E-state index in [0.29, 0.717) is 11.3 Å². The second-order valence-electron chi connectivity index (χ2n) is 5.52. The van der Waals surface area contributed by atoms with Gasteiger partial charge in [-0.15, -0.1) is 0 Å². The van der Waals surface area contributed by atoms with Gasteiger partial charge in [-0.3, -0.25) is 14.4 Å². The van der Waals surface area contributed by atoms with Gasteiger partial charge in [-0.2, -0.15) is 0 Å². The van der Waals surface area contributed by atoms with Gasteiger partial charge in [0.1, 0.15) is 18.1 Å². The van der Waals surface area contributed by atoms with Crippen molar-refractivity contribution in [1.29, 1.82) is 0 Å². The number of benzene rings is 2. The van der Waals surface area contributed by atoms with Crippen molar-refractivity contribution in [3.8, 4) is 5.75 Å². The smallest absolute Gasteiger partial charge is 0.325 e. The highest BCUT2D eigenvalue weighted by atomic mass is 19.1. The lowest BCUT2D eigenvalue weighted by Crippen LogP contribution is -2.31. The van der Waals surface area contributed by atoms with Gasteiger partial charge in [-0.25, -0.2) is 4.39 Å². The first-order valence-electron chi connectivity index (χ1n) is 8.07. The fourth-order valence-corrected chi connectivity index (χ4v) is 2.10. The second kappa shape index (κ2) is 9.91. The molecule has 27 heavy (non-hydrogen) atoms. The molecule has 7 nitrogen and oxygen atoms in total. The van der Waals surface area contributed by atoms with Crippen LogP contribution in [0.5, 0.6) is 5.75 Å². The molecule has 2 aromatic rings. The van der Waals surface area contributed by atoms with Crippen LogP contribution in [0.4, 0.5) is 10.1 Å². The molecule has 0 atom stereocenters. The maximum atomic E-state index is 13.0. The number of esters is 1. The van der Waals surface area contributed by atoms with Crippen LogP contribution in [0.3, 0.4) is 0 Å². The van der Waals surface area contributed by atoms with Gasteiger partial charge in [0.2, 0.25) is 5.91 Å². The van der Waals surface area contributed by atoms with Crippen molar-refractivity contribution in [1.82, 2.24) is 5.32 Å². The number of hydrogen-bond donors (Lipinski definition) is 2. The van der Waals surface area contributed by atoms with Gasteiger partial charge in [0.15, 0.2) is 6.61 Å². The van der Waals surface area contributed by atoms with E-state index in [1.165, 1.54) is 25.3 Å². The summed E-state index contributed by atoms with van der Waals surface area (Å²) in [6.45, 7) is -0.448. The van der Waals surface area contributed by atoms with E-state index in [9.17, 15) is 18.8 Å². The minimum atomic E-state index is -0.526. The molecule has 8 heteroatoms. The third kappa shape index (κ3) is 7.15. The van der Waals surface area contributed by atoms with Gasteiger partial charge in [-0.1, -0.05) is 18.2 Å². The van der Waals surface area contributed by atoms with Gasteiger partial charge in [-0.05, 0) is 29.8 Å². The zero-order chi connectivity index (χ0) is 19.6. The Morgan fingerprint density at radius 3 is 2.44 bits per heavy atom. The standard InChI is InChI=1S/C19H19FN2O5/c1-26-19(25)11-21-17(23)9-13-5-7-15(8-6-13)22-18(24)12-27-16-4-2-3-14(20)10-16/h2-8,10H,9,11-12H2,1H3,(H,21,23)(H,22,24). The molecule has 0 aliphatic heterocycles. The summed E-state index contributed by atoms with van der Waals surface area (Å²) in [6, 6.07) is 12.2. The minimum absolute atomic E-state index is 0.0912. The van der Waals surface area contributed by atoms with Crippen LogP contribution in [0.15, 0.2) is 48.5 Å². The van der Waals surface area contributed by atoms with E-state index >= 15 is 0 Å². The molecule has 2 N–H and O–H groups in total. The van der Waals surface area contributed by atoms with Crippen LogP contribution in [0.1, 0.15) is 5.56 Å². The van der Waals surface area contributed by atoms with Crippen LogP contribution in [-0.4, -0.2) is 38.0 Å². The average molecular weight is 374 g/mol. The fraction of sp³-hybridized carbons (Fsp3) is 0.211. The number of halogens is 1. The van der Waals surface area contributed by atoms with Crippen molar-refractivity contribution < 1.29 is 28.2 Å². The third-order valence-corrected chi connectivity index (χ3v) is 3.43. The molecule has 2 amide bonds. The maximum absolute atomic E-state index is 13.0. The first-order chi connectivity index (χ1) is 13.0. The molecule has 0 heterocycles. The molecule has 0 aromatic heterocycles. The van der Waals surface area contributed by atoms with E-state index in [1.807, 2.05) is 0 Å². The maximum Gasteiger partial charge on any atom is 0.325 e. The van der Waals surface area contributed by atoms with E-state index in [1.54, 1.807) is 30.3 Å². The molecule has 0 unspecified atom stereocenters. The monoisotopic (exact) mass is 374 g/mol. The summed E-state index contributed by atoms with van der Waals surface area (Å²) in [4.78, 5) is 34.6. The zero-order valence-electron chi connectivity index (χ0n) is 14.7. The number of amides is 2. The Balaban J connectivity index is 1.78. The number of anilines is 1. The van der Waals surface area contributed by atoms with Crippen molar-refractivity contribution in [3.05, 3.63) is 59.9 Å². The summed E-state index contributed by atoms with van der Waals surface area (Å²) in [6.07, 6.45) is 0.0912. The van der Waals surface area contributed by atoms with Gasteiger partial charge in [0, 0.05) is 11.8 Å². The van der Waals surface area contributed by atoms with Crippen LogP contribution < -0.4 is 15.4 Å². The number of carbonyl (C=O) groups excluding carboxylic acids is 3. The van der Waals surface area contributed by atoms with E-state index in [0.717, 1.165) is 0 Å². The molecule has 0 aliphatic rings. The Bertz CT molecular complexity index is 808. The Morgan fingerprint density at radius 2 is 1.78 bits per heavy atom. The SMILES string of the molecule is COC(=O)CNC(=O)Cc1ccc(NC(=O)COc2cccc(F)c2)cc1. The van der Waals surface area contributed by atoms with E-state index < -0.39 is 17.7 Å². The lowest BCUT2D eigenvalue weighted by atomic mass is 10.1. The molecular formula is C19H19FN2O5. The van der Waals surface area contributed by atoms with E-state index in [4.69, 9.17) is 4.74 Å². The predicted molar refractivity (Wildman–Crippen MR) is 95.7 cm³/mol. The Labute approximate surface area is 155 Å². The second-order valence-corrected chi connectivity index (χ2v) is 5.52. The van der Waals surface area contributed by atoms with Crippen LogP contribution in [0, 0.1) is 5.82 Å². The van der Waals surface area contributed by atoms with Crippen LogP contribution in [-0.2, 0) is 25.5 Å². The molecule has 0 spiro atoms. The van der Waals surface area contributed by atoms with Gasteiger partial charge < -0.3 is 20.1 Å². The normalized spacial score (nSPS) is 10.0. The lowest BCUT2D eigenvalue weighted by Gasteiger charge is -2.08. The highest BCUT2D eigenvalue weighted by Gasteiger charge is 2.08. The predicted octanol–water partition coefficient (Wildman–Crippen LogP) is 1.67. The van der Waals surface area contributed by atoms with Gasteiger partial charge in [0.25, 0.3) is 5.91 Å². The molecule has 0 bridgehead atoms. The van der Waals surface area contributed by atoms with Crippen LogP contribution in [0.25, 0.3) is 0 Å². The molecular weight excluding hydrogens is 355 g/mol. The molecule has 0 saturated carbocycles. The molecule has 2 rings (SSSR count).